The van der Waals surface area contributed by atoms with Crippen LogP contribution in [0.15, 0.2) is 11.6 Å². The molecule has 0 amide bonds. The van der Waals surface area contributed by atoms with Crippen molar-refractivity contribution in [1.29, 1.82) is 0 Å². The number of fused-ring (bicyclic) bond motifs is 5. The summed E-state index contributed by atoms with van der Waals surface area (Å²) in [5, 5.41) is 9.13. The lowest BCUT2D eigenvalue weighted by atomic mass is 9.43. The molecule has 162 valence electrons. The summed E-state index contributed by atoms with van der Waals surface area (Å²) in [5.74, 6) is 2.51. The summed E-state index contributed by atoms with van der Waals surface area (Å²) in [6, 6.07) is 0. The lowest BCUT2D eigenvalue weighted by Gasteiger charge is -2.60. The molecule has 4 rings (SSSR count). The summed E-state index contributed by atoms with van der Waals surface area (Å²) in [6.45, 7) is 9.29. The zero-order valence-corrected chi connectivity index (χ0v) is 18.9. The van der Waals surface area contributed by atoms with Crippen LogP contribution in [0, 0.1) is 46.3 Å². The van der Waals surface area contributed by atoms with Crippen molar-refractivity contribution in [2.24, 2.45) is 46.3 Å². The number of carboxylic acid groups (broad SMARTS) is 1. The van der Waals surface area contributed by atoms with Gasteiger partial charge < -0.3 is 5.11 Å². The van der Waals surface area contributed by atoms with Gasteiger partial charge in [-0.05, 0) is 97.9 Å². The molecule has 3 heteroatoms. The Hall–Kier alpha value is -1.12. The standard InChI is InChI=1S/C26H40O3/c1-5-17-19-8-6-7-14-25(19,3)21-13-15-26(4)18(16(2)9-12-22(27)28)10-11-20(26)23(21)24(17)29/h5,16,18-21,23H,6-15H2,1-4H3,(H,27,28)/b17-5+/t16-,18?,19?,20?,21?,23?,25?,26-/m1/s1. The van der Waals surface area contributed by atoms with Gasteiger partial charge in [-0.2, -0.15) is 0 Å². The van der Waals surface area contributed by atoms with Crippen LogP contribution in [0.5, 0.6) is 0 Å². The van der Waals surface area contributed by atoms with E-state index in [-0.39, 0.29) is 17.8 Å². The molecular weight excluding hydrogens is 360 g/mol. The summed E-state index contributed by atoms with van der Waals surface area (Å²) in [7, 11) is 0. The molecule has 0 bridgehead atoms. The number of carboxylic acids is 1. The molecule has 0 aromatic heterocycles. The van der Waals surface area contributed by atoms with Crippen molar-refractivity contribution in [2.45, 2.75) is 91.9 Å². The molecule has 0 heterocycles. The molecule has 4 aliphatic carbocycles. The van der Waals surface area contributed by atoms with Crippen molar-refractivity contribution in [2.75, 3.05) is 0 Å². The summed E-state index contributed by atoms with van der Waals surface area (Å²) >= 11 is 0. The van der Waals surface area contributed by atoms with Crippen LogP contribution in [-0.4, -0.2) is 16.9 Å². The van der Waals surface area contributed by atoms with E-state index in [9.17, 15) is 9.59 Å². The number of hydrogen-bond donors (Lipinski definition) is 1. The molecule has 3 nitrogen and oxygen atoms in total. The number of ketones is 1. The van der Waals surface area contributed by atoms with Crippen molar-refractivity contribution in [3.05, 3.63) is 11.6 Å². The highest BCUT2D eigenvalue weighted by Gasteiger charge is 2.63. The smallest absolute Gasteiger partial charge is 0.303 e. The number of allylic oxidation sites excluding steroid dienone is 2. The molecule has 0 aromatic carbocycles. The lowest BCUT2D eigenvalue weighted by molar-refractivity contribution is -0.146. The van der Waals surface area contributed by atoms with Gasteiger partial charge in [0.25, 0.3) is 0 Å². The molecule has 0 saturated heterocycles. The zero-order chi connectivity index (χ0) is 21.0. The Labute approximate surface area is 176 Å². The molecule has 0 radical (unpaired) electrons. The van der Waals surface area contributed by atoms with Crippen LogP contribution in [0.2, 0.25) is 0 Å². The normalized spacial score (nSPS) is 46.7. The van der Waals surface area contributed by atoms with Crippen LogP contribution in [-0.2, 0) is 9.59 Å². The zero-order valence-electron chi connectivity index (χ0n) is 18.9. The van der Waals surface area contributed by atoms with Crippen LogP contribution in [0.4, 0.5) is 0 Å². The van der Waals surface area contributed by atoms with Crippen molar-refractivity contribution in [3.63, 3.8) is 0 Å². The molecule has 4 aliphatic rings. The van der Waals surface area contributed by atoms with Gasteiger partial charge in [-0.25, -0.2) is 0 Å². The number of rotatable bonds is 4. The number of Topliss-reactive ketones (excluding diaryl/α,β-unsaturated/α-hetero) is 1. The summed E-state index contributed by atoms with van der Waals surface area (Å²) in [5.41, 5.74) is 1.65. The third kappa shape index (κ3) is 3.13. The second-order valence-electron chi connectivity index (χ2n) is 11.3. The van der Waals surface area contributed by atoms with Gasteiger partial charge in [-0.15, -0.1) is 0 Å². The van der Waals surface area contributed by atoms with Gasteiger partial charge in [0.2, 0.25) is 0 Å². The van der Waals surface area contributed by atoms with Gasteiger partial charge in [-0.3, -0.25) is 9.59 Å². The first-order chi connectivity index (χ1) is 13.7. The SMILES string of the molecule is C/C=C1/C(=O)C2C(CC[C@@]3(C)C2CCC3[C@H](C)CCC(=O)O)C2(C)CCCCC12. The molecule has 0 aliphatic heterocycles. The molecule has 0 aromatic rings. The van der Waals surface area contributed by atoms with Crippen LogP contribution in [0.3, 0.4) is 0 Å². The van der Waals surface area contributed by atoms with Gasteiger partial charge in [0.05, 0.1) is 0 Å². The fourth-order valence-corrected chi connectivity index (χ4v) is 8.79. The van der Waals surface area contributed by atoms with E-state index in [2.05, 4.69) is 33.8 Å². The van der Waals surface area contributed by atoms with E-state index in [1.54, 1.807) is 0 Å². The van der Waals surface area contributed by atoms with Crippen molar-refractivity contribution >= 4 is 11.8 Å². The maximum atomic E-state index is 13.8. The number of carbonyl (C=O) groups excluding carboxylic acids is 1. The van der Waals surface area contributed by atoms with Gasteiger partial charge in [0, 0.05) is 12.3 Å². The van der Waals surface area contributed by atoms with E-state index < -0.39 is 5.97 Å². The Morgan fingerprint density at radius 2 is 1.83 bits per heavy atom. The molecule has 6 unspecified atom stereocenters. The van der Waals surface area contributed by atoms with Crippen molar-refractivity contribution in [1.82, 2.24) is 0 Å². The van der Waals surface area contributed by atoms with Crippen LogP contribution in [0.1, 0.15) is 91.9 Å². The highest BCUT2D eigenvalue weighted by Crippen LogP contribution is 2.68. The Morgan fingerprint density at radius 3 is 2.52 bits per heavy atom. The molecule has 29 heavy (non-hydrogen) atoms. The molecule has 0 spiro atoms. The largest absolute Gasteiger partial charge is 0.481 e. The molecule has 4 saturated carbocycles. The average Bonchev–Trinajstić information content (AvgIpc) is 3.04. The summed E-state index contributed by atoms with van der Waals surface area (Å²) in [4.78, 5) is 24.9. The van der Waals surface area contributed by atoms with E-state index in [0.29, 0.717) is 40.8 Å². The topological polar surface area (TPSA) is 54.4 Å². The maximum absolute atomic E-state index is 13.8. The quantitative estimate of drug-likeness (QED) is 0.566. The first kappa shape index (κ1) is 21.1. The van der Waals surface area contributed by atoms with Gasteiger partial charge in [0.1, 0.15) is 0 Å². The van der Waals surface area contributed by atoms with Crippen LogP contribution >= 0.6 is 0 Å². The molecule has 4 fully saturated rings. The van der Waals surface area contributed by atoms with E-state index in [1.165, 1.54) is 44.9 Å². The van der Waals surface area contributed by atoms with Gasteiger partial charge >= 0.3 is 5.97 Å². The number of aliphatic carboxylic acids is 1. The monoisotopic (exact) mass is 400 g/mol. The number of carbonyl (C=O) groups is 2. The first-order valence-electron chi connectivity index (χ1n) is 12.2. The second-order valence-corrected chi connectivity index (χ2v) is 11.3. The molecule has 1 N–H and O–H groups in total. The third-order valence-corrected chi connectivity index (χ3v) is 10.2. The minimum absolute atomic E-state index is 0.200. The Morgan fingerprint density at radius 1 is 1.10 bits per heavy atom. The lowest BCUT2D eigenvalue weighted by Crippen LogP contribution is -2.57. The highest BCUT2D eigenvalue weighted by molar-refractivity contribution is 5.99. The van der Waals surface area contributed by atoms with Crippen LogP contribution < -0.4 is 0 Å². The van der Waals surface area contributed by atoms with Gasteiger partial charge in [-0.1, -0.05) is 39.7 Å². The highest BCUT2D eigenvalue weighted by atomic mass is 16.4. The third-order valence-electron chi connectivity index (χ3n) is 10.2. The van der Waals surface area contributed by atoms with Gasteiger partial charge in [0.15, 0.2) is 5.78 Å². The molecule has 8 atom stereocenters. The average molecular weight is 401 g/mol. The Kier molecular flexibility index (Phi) is 5.49. The fraction of sp³-hybridized carbons (Fsp3) is 0.846. The van der Waals surface area contributed by atoms with E-state index in [4.69, 9.17) is 5.11 Å². The minimum Gasteiger partial charge on any atom is -0.481 e. The maximum Gasteiger partial charge on any atom is 0.303 e. The Balaban J connectivity index is 1.64. The molecular formula is C26H40O3. The van der Waals surface area contributed by atoms with E-state index in [0.717, 1.165) is 18.4 Å². The van der Waals surface area contributed by atoms with Crippen molar-refractivity contribution in [3.8, 4) is 0 Å². The van der Waals surface area contributed by atoms with E-state index >= 15 is 0 Å². The predicted octanol–water partition coefficient (Wildman–Crippen LogP) is 6.27. The van der Waals surface area contributed by atoms with E-state index in [1.807, 2.05) is 0 Å². The Bertz CT molecular complexity index is 709. The predicted molar refractivity (Wildman–Crippen MR) is 115 cm³/mol. The van der Waals surface area contributed by atoms with Crippen LogP contribution in [0.25, 0.3) is 0 Å². The summed E-state index contributed by atoms with van der Waals surface area (Å²) in [6.07, 6.45) is 13.0. The summed E-state index contributed by atoms with van der Waals surface area (Å²) < 4.78 is 0. The van der Waals surface area contributed by atoms with Crippen molar-refractivity contribution < 1.29 is 14.7 Å². The fourth-order valence-electron chi connectivity index (χ4n) is 8.79. The minimum atomic E-state index is -0.684. The number of hydrogen-bond acceptors (Lipinski definition) is 2. The second kappa shape index (κ2) is 7.54. The first-order valence-corrected chi connectivity index (χ1v) is 12.2.